The molecule has 3 aromatic carbocycles. The van der Waals surface area contributed by atoms with E-state index < -0.39 is 17.1 Å². The van der Waals surface area contributed by atoms with Gasteiger partial charge < -0.3 is 10.1 Å². The summed E-state index contributed by atoms with van der Waals surface area (Å²) in [6, 6.07) is 21.1. The maximum Gasteiger partial charge on any atom is 0.294 e. The minimum Gasteiger partial charge on any atom is -0.488 e. The number of aryl methyl sites for hydroxylation is 3. The van der Waals surface area contributed by atoms with E-state index in [1.165, 1.54) is 0 Å². The number of ether oxygens (including phenoxy) is 1. The van der Waals surface area contributed by atoms with Gasteiger partial charge in [-0.3, -0.25) is 19.3 Å². The molecular formula is C28H26N2O4S. The van der Waals surface area contributed by atoms with Crippen LogP contribution in [0, 0.1) is 20.8 Å². The molecule has 0 radical (unpaired) electrons. The summed E-state index contributed by atoms with van der Waals surface area (Å²) in [7, 11) is 0. The zero-order valence-electron chi connectivity index (χ0n) is 19.8. The monoisotopic (exact) mass is 486 g/mol. The summed E-state index contributed by atoms with van der Waals surface area (Å²) in [5, 5.41) is 2.35. The third-order valence-corrected chi connectivity index (χ3v) is 6.51. The van der Waals surface area contributed by atoms with Gasteiger partial charge in [-0.05, 0) is 61.4 Å². The first-order valence-corrected chi connectivity index (χ1v) is 12.0. The Morgan fingerprint density at radius 3 is 2.43 bits per heavy atom. The van der Waals surface area contributed by atoms with Gasteiger partial charge in [0.15, 0.2) is 0 Å². The lowest BCUT2D eigenvalue weighted by Crippen LogP contribution is -2.36. The smallest absolute Gasteiger partial charge is 0.294 e. The summed E-state index contributed by atoms with van der Waals surface area (Å²) in [4.78, 5) is 39.4. The summed E-state index contributed by atoms with van der Waals surface area (Å²) in [5.74, 6) is -0.313. The number of amides is 3. The highest BCUT2D eigenvalue weighted by Crippen LogP contribution is 2.34. The van der Waals surface area contributed by atoms with Crippen molar-refractivity contribution in [3.63, 3.8) is 0 Å². The Balaban J connectivity index is 1.46. The molecule has 1 saturated heterocycles. The highest BCUT2D eigenvalue weighted by Gasteiger charge is 2.36. The Labute approximate surface area is 209 Å². The van der Waals surface area contributed by atoms with Gasteiger partial charge in [-0.1, -0.05) is 66.2 Å². The highest BCUT2D eigenvalue weighted by atomic mass is 32.2. The van der Waals surface area contributed by atoms with Crippen LogP contribution in [0.1, 0.15) is 27.8 Å². The third kappa shape index (κ3) is 5.81. The van der Waals surface area contributed by atoms with Gasteiger partial charge in [0, 0.05) is 11.3 Å². The number of nitrogens with zero attached hydrogens (tertiary/aromatic N) is 1. The summed E-state index contributed by atoms with van der Waals surface area (Å²) < 4.78 is 6.00. The minimum absolute atomic E-state index is 0.251. The number of carbonyl (C=O) groups is 3. The van der Waals surface area contributed by atoms with E-state index in [9.17, 15) is 14.4 Å². The SMILES string of the molecule is Cc1cccc(COc2ccccc2/C=C2/SC(=O)N(CC(=O)Nc3c(C)cccc3C)C2=O)c1. The zero-order valence-corrected chi connectivity index (χ0v) is 20.6. The maximum atomic E-state index is 13.0. The highest BCUT2D eigenvalue weighted by molar-refractivity contribution is 8.18. The molecule has 0 unspecified atom stereocenters. The van der Waals surface area contributed by atoms with E-state index in [1.807, 2.05) is 81.4 Å². The van der Waals surface area contributed by atoms with Crippen molar-refractivity contribution >= 4 is 40.6 Å². The number of nitrogens with one attached hydrogen (secondary N) is 1. The van der Waals surface area contributed by atoms with Crippen molar-refractivity contribution in [3.8, 4) is 5.75 Å². The first-order valence-electron chi connectivity index (χ1n) is 11.2. The minimum atomic E-state index is -0.495. The molecule has 0 aliphatic carbocycles. The van der Waals surface area contributed by atoms with E-state index in [0.717, 1.165) is 38.9 Å². The lowest BCUT2D eigenvalue weighted by atomic mass is 10.1. The Bertz CT molecular complexity index is 1310. The molecule has 0 atom stereocenters. The second-order valence-corrected chi connectivity index (χ2v) is 9.39. The number of rotatable bonds is 7. The molecule has 7 heteroatoms. The van der Waals surface area contributed by atoms with Crippen LogP contribution in [-0.2, 0) is 16.2 Å². The van der Waals surface area contributed by atoms with Gasteiger partial charge in [0.1, 0.15) is 18.9 Å². The van der Waals surface area contributed by atoms with Crippen molar-refractivity contribution in [2.45, 2.75) is 27.4 Å². The first-order chi connectivity index (χ1) is 16.8. The van der Waals surface area contributed by atoms with Crippen molar-refractivity contribution < 1.29 is 19.1 Å². The Hall–Kier alpha value is -3.84. The van der Waals surface area contributed by atoms with Crippen LogP contribution < -0.4 is 10.1 Å². The predicted molar refractivity (Wildman–Crippen MR) is 139 cm³/mol. The quantitative estimate of drug-likeness (QED) is 0.423. The molecule has 3 aromatic rings. The molecule has 4 rings (SSSR count). The van der Waals surface area contributed by atoms with Crippen LogP contribution in [0.5, 0.6) is 5.75 Å². The van der Waals surface area contributed by atoms with Crippen LogP contribution in [0.15, 0.2) is 71.6 Å². The number of thioether (sulfide) groups is 1. The van der Waals surface area contributed by atoms with Gasteiger partial charge in [0.25, 0.3) is 11.1 Å². The van der Waals surface area contributed by atoms with E-state index >= 15 is 0 Å². The first kappa shape index (κ1) is 24.3. The standard InChI is InChI=1S/C28H26N2O4S/c1-18-8-6-11-21(14-18)17-34-23-13-5-4-12-22(23)15-24-27(32)30(28(33)35-24)16-25(31)29-26-19(2)9-7-10-20(26)3/h4-15H,16-17H2,1-3H3,(H,29,31)/b24-15+. The van der Waals surface area contributed by atoms with Crippen LogP contribution >= 0.6 is 11.8 Å². The van der Waals surface area contributed by atoms with Gasteiger partial charge in [-0.25, -0.2) is 0 Å². The second kappa shape index (κ2) is 10.6. The fourth-order valence-electron chi connectivity index (χ4n) is 3.81. The van der Waals surface area contributed by atoms with Gasteiger partial charge >= 0.3 is 0 Å². The van der Waals surface area contributed by atoms with E-state index in [2.05, 4.69) is 11.4 Å². The van der Waals surface area contributed by atoms with Gasteiger partial charge in [0.2, 0.25) is 5.91 Å². The van der Waals surface area contributed by atoms with E-state index in [0.29, 0.717) is 23.6 Å². The van der Waals surface area contributed by atoms with E-state index in [-0.39, 0.29) is 11.4 Å². The molecule has 3 amide bonds. The van der Waals surface area contributed by atoms with Gasteiger partial charge in [0.05, 0.1) is 4.91 Å². The van der Waals surface area contributed by atoms with Crippen molar-refractivity contribution in [3.05, 3.63) is 99.5 Å². The third-order valence-electron chi connectivity index (χ3n) is 5.60. The predicted octanol–water partition coefficient (Wildman–Crippen LogP) is 5.87. The van der Waals surface area contributed by atoms with E-state index in [1.54, 1.807) is 6.08 Å². The molecule has 1 aliphatic rings. The Kier molecular flexibility index (Phi) is 7.36. The van der Waals surface area contributed by atoms with E-state index in [4.69, 9.17) is 4.74 Å². The molecule has 35 heavy (non-hydrogen) atoms. The van der Waals surface area contributed by atoms with Crippen LogP contribution in [0.3, 0.4) is 0 Å². The Morgan fingerprint density at radius 1 is 0.971 bits per heavy atom. The maximum absolute atomic E-state index is 13.0. The topological polar surface area (TPSA) is 75.7 Å². The summed E-state index contributed by atoms with van der Waals surface area (Å²) in [6.45, 7) is 5.84. The van der Waals surface area contributed by atoms with Gasteiger partial charge in [-0.15, -0.1) is 0 Å². The summed E-state index contributed by atoms with van der Waals surface area (Å²) in [6.07, 6.45) is 1.64. The fourth-order valence-corrected chi connectivity index (χ4v) is 4.64. The van der Waals surface area contributed by atoms with Gasteiger partial charge in [-0.2, -0.15) is 0 Å². The van der Waals surface area contributed by atoms with Crippen molar-refractivity contribution in [2.24, 2.45) is 0 Å². The Morgan fingerprint density at radius 2 is 1.69 bits per heavy atom. The number of hydrogen-bond donors (Lipinski definition) is 1. The molecule has 1 fully saturated rings. The largest absolute Gasteiger partial charge is 0.488 e. The molecule has 1 aliphatic heterocycles. The fraction of sp³-hybridized carbons (Fsp3) is 0.179. The molecule has 1 heterocycles. The summed E-state index contributed by atoms with van der Waals surface area (Å²) >= 11 is 0.819. The number of benzene rings is 3. The molecule has 6 nitrogen and oxygen atoms in total. The number of hydrogen-bond acceptors (Lipinski definition) is 5. The van der Waals surface area contributed by atoms with Crippen molar-refractivity contribution in [1.29, 1.82) is 0 Å². The number of carbonyl (C=O) groups excluding carboxylic acids is 3. The van der Waals surface area contributed by atoms with Crippen LogP contribution in [0.4, 0.5) is 10.5 Å². The molecular weight excluding hydrogens is 460 g/mol. The van der Waals surface area contributed by atoms with Crippen LogP contribution in [0.2, 0.25) is 0 Å². The van der Waals surface area contributed by atoms with Crippen molar-refractivity contribution in [1.82, 2.24) is 4.90 Å². The number of anilines is 1. The average Bonchev–Trinajstić information content (AvgIpc) is 3.08. The second-order valence-electron chi connectivity index (χ2n) is 8.40. The molecule has 0 bridgehead atoms. The molecule has 0 spiro atoms. The molecule has 1 N–H and O–H groups in total. The zero-order chi connectivity index (χ0) is 24.9. The van der Waals surface area contributed by atoms with Crippen molar-refractivity contribution in [2.75, 3.05) is 11.9 Å². The number of imide groups is 1. The number of para-hydroxylation sites is 2. The average molecular weight is 487 g/mol. The van der Waals surface area contributed by atoms with Crippen LogP contribution in [0.25, 0.3) is 6.08 Å². The molecule has 0 aromatic heterocycles. The lowest BCUT2D eigenvalue weighted by Gasteiger charge is -2.15. The normalized spacial score (nSPS) is 14.5. The van der Waals surface area contributed by atoms with Crippen LogP contribution in [-0.4, -0.2) is 28.5 Å². The molecule has 0 saturated carbocycles. The summed E-state index contributed by atoms with van der Waals surface area (Å²) in [5.41, 5.74) is 5.39. The molecule has 178 valence electrons. The lowest BCUT2D eigenvalue weighted by molar-refractivity contribution is -0.127.